The fourth-order valence-electron chi connectivity index (χ4n) is 2.02. The highest BCUT2D eigenvalue weighted by Crippen LogP contribution is 2.10. The third-order valence-corrected chi connectivity index (χ3v) is 3.23. The molecule has 1 aliphatic heterocycles. The fourth-order valence-corrected chi connectivity index (χ4v) is 2.02. The molecular weight excluding hydrogens is 268 g/mol. The highest BCUT2D eigenvalue weighted by molar-refractivity contribution is 5.82. The molecule has 0 bridgehead atoms. The lowest BCUT2D eigenvalue weighted by molar-refractivity contribution is -0.140. The molecular formula is C12H20N2O6. The zero-order valence-electron chi connectivity index (χ0n) is 11.1. The van der Waals surface area contributed by atoms with Gasteiger partial charge in [-0.3, -0.25) is 4.79 Å². The van der Waals surface area contributed by atoms with Crippen LogP contribution in [0.15, 0.2) is 0 Å². The van der Waals surface area contributed by atoms with Crippen molar-refractivity contribution < 1.29 is 29.7 Å². The Morgan fingerprint density at radius 1 is 1.20 bits per heavy atom. The maximum absolute atomic E-state index is 11.9. The van der Waals surface area contributed by atoms with E-state index in [1.54, 1.807) is 0 Å². The first-order chi connectivity index (χ1) is 9.40. The van der Waals surface area contributed by atoms with Crippen LogP contribution in [0.1, 0.15) is 32.1 Å². The van der Waals surface area contributed by atoms with E-state index in [2.05, 4.69) is 5.32 Å². The van der Waals surface area contributed by atoms with Crippen molar-refractivity contribution in [1.29, 1.82) is 0 Å². The molecule has 0 aromatic rings. The van der Waals surface area contributed by atoms with Gasteiger partial charge in [-0.2, -0.15) is 0 Å². The van der Waals surface area contributed by atoms with Gasteiger partial charge in [0, 0.05) is 19.5 Å². The Morgan fingerprint density at radius 3 is 2.30 bits per heavy atom. The van der Waals surface area contributed by atoms with Gasteiger partial charge in [-0.05, 0) is 25.7 Å². The van der Waals surface area contributed by atoms with Crippen LogP contribution in [0.2, 0.25) is 0 Å². The highest BCUT2D eigenvalue weighted by Gasteiger charge is 2.25. The Kier molecular flexibility index (Phi) is 6.23. The Bertz CT molecular complexity index is 365. The summed E-state index contributed by atoms with van der Waals surface area (Å²) in [5.41, 5.74) is 0. The van der Waals surface area contributed by atoms with Crippen molar-refractivity contribution in [2.75, 3.05) is 13.1 Å². The van der Waals surface area contributed by atoms with Crippen molar-refractivity contribution in [3.63, 3.8) is 0 Å². The molecule has 0 saturated carbocycles. The molecule has 4 N–H and O–H groups in total. The molecule has 1 saturated heterocycles. The number of amides is 2. The number of hydrogen-bond donors (Lipinski definition) is 4. The summed E-state index contributed by atoms with van der Waals surface area (Å²) in [6.07, 6.45) is 0.670. The van der Waals surface area contributed by atoms with Crippen LogP contribution in [0, 0.1) is 0 Å². The van der Waals surface area contributed by atoms with Crippen LogP contribution < -0.4 is 5.32 Å². The summed E-state index contributed by atoms with van der Waals surface area (Å²) in [5.74, 6) is -2.17. The Labute approximate surface area is 116 Å². The van der Waals surface area contributed by atoms with Crippen molar-refractivity contribution in [2.24, 2.45) is 0 Å². The van der Waals surface area contributed by atoms with Gasteiger partial charge >= 0.3 is 18.0 Å². The van der Waals surface area contributed by atoms with E-state index in [9.17, 15) is 19.5 Å². The number of urea groups is 1. The number of carbonyl (C=O) groups is 3. The van der Waals surface area contributed by atoms with E-state index in [0.717, 1.165) is 0 Å². The van der Waals surface area contributed by atoms with Gasteiger partial charge < -0.3 is 25.5 Å². The summed E-state index contributed by atoms with van der Waals surface area (Å²) in [6, 6.07) is -1.58. The largest absolute Gasteiger partial charge is 0.481 e. The number of carbonyl (C=O) groups excluding carboxylic acids is 1. The number of carboxylic acids is 2. The molecule has 0 radical (unpaired) electrons. The van der Waals surface area contributed by atoms with Gasteiger partial charge in [0.05, 0.1) is 6.10 Å². The average Bonchev–Trinajstić information content (AvgIpc) is 2.37. The number of rotatable bonds is 6. The summed E-state index contributed by atoms with van der Waals surface area (Å²) in [5, 5.41) is 29.2. The van der Waals surface area contributed by atoms with Crippen LogP contribution in [0.3, 0.4) is 0 Å². The lowest BCUT2D eigenvalue weighted by Crippen LogP contribution is -2.50. The van der Waals surface area contributed by atoms with Crippen LogP contribution in [0.4, 0.5) is 4.79 Å². The predicted octanol–water partition coefficient (Wildman–Crippen LogP) is -0.139. The van der Waals surface area contributed by atoms with Crippen molar-refractivity contribution in [2.45, 2.75) is 44.2 Å². The Balaban J connectivity index is 2.42. The van der Waals surface area contributed by atoms with E-state index in [-0.39, 0.29) is 19.3 Å². The van der Waals surface area contributed by atoms with Gasteiger partial charge in [0.2, 0.25) is 0 Å². The SMILES string of the molecule is O=C(O)CCC[C@@H](NC(=O)N1CCC(O)CC1)C(=O)O. The van der Waals surface area contributed by atoms with E-state index in [4.69, 9.17) is 10.2 Å². The smallest absolute Gasteiger partial charge is 0.326 e. The molecule has 0 aliphatic carbocycles. The molecule has 20 heavy (non-hydrogen) atoms. The summed E-state index contributed by atoms with van der Waals surface area (Å²) in [7, 11) is 0. The van der Waals surface area contributed by atoms with Crippen molar-refractivity contribution in [3.05, 3.63) is 0 Å². The Hall–Kier alpha value is -1.83. The number of hydrogen-bond acceptors (Lipinski definition) is 4. The fraction of sp³-hybridized carbons (Fsp3) is 0.750. The zero-order valence-corrected chi connectivity index (χ0v) is 11.1. The summed E-state index contributed by atoms with van der Waals surface area (Å²) >= 11 is 0. The molecule has 8 nitrogen and oxygen atoms in total. The van der Waals surface area contributed by atoms with Crippen molar-refractivity contribution >= 4 is 18.0 Å². The van der Waals surface area contributed by atoms with Crippen LogP contribution >= 0.6 is 0 Å². The van der Waals surface area contributed by atoms with E-state index < -0.39 is 30.1 Å². The molecule has 0 aromatic heterocycles. The number of carboxylic acid groups (broad SMARTS) is 2. The maximum Gasteiger partial charge on any atom is 0.326 e. The van der Waals surface area contributed by atoms with Gasteiger partial charge in [-0.25, -0.2) is 9.59 Å². The molecule has 0 aromatic carbocycles. The van der Waals surface area contributed by atoms with Gasteiger partial charge in [0.15, 0.2) is 0 Å². The van der Waals surface area contributed by atoms with E-state index in [1.165, 1.54) is 4.90 Å². The topological polar surface area (TPSA) is 127 Å². The molecule has 1 rings (SSSR count). The van der Waals surface area contributed by atoms with Gasteiger partial charge in [0.25, 0.3) is 0 Å². The third kappa shape index (κ3) is 5.43. The van der Waals surface area contributed by atoms with Crippen LogP contribution in [0.25, 0.3) is 0 Å². The summed E-state index contributed by atoms with van der Waals surface area (Å²) in [4.78, 5) is 34.7. The molecule has 1 fully saturated rings. The van der Waals surface area contributed by atoms with Crippen molar-refractivity contribution in [1.82, 2.24) is 10.2 Å². The quantitative estimate of drug-likeness (QED) is 0.539. The first-order valence-corrected chi connectivity index (χ1v) is 6.58. The third-order valence-electron chi connectivity index (χ3n) is 3.23. The van der Waals surface area contributed by atoms with Gasteiger partial charge in [-0.15, -0.1) is 0 Å². The number of nitrogens with one attached hydrogen (secondary N) is 1. The summed E-state index contributed by atoms with van der Waals surface area (Å²) < 4.78 is 0. The normalized spacial score (nSPS) is 17.6. The first-order valence-electron chi connectivity index (χ1n) is 6.58. The monoisotopic (exact) mass is 288 g/mol. The maximum atomic E-state index is 11.9. The number of piperidine rings is 1. The molecule has 1 heterocycles. The van der Waals surface area contributed by atoms with E-state index in [0.29, 0.717) is 25.9 Å². The molecule has 0 spiro atoms. The van der Waals surface area contributed by atoms with Gasteiger partial charge in [-0.1, -0.05) is 0 Å². The van der Waals surface area contributed by atoms with Crippen LogP contribution in [-0.4, -0.2) is 63.4 Å². The van der Waals surface area contributed by atoms with Crippen molar-refractivity contribution in [3.8, 4) is 0 Å². The standard InChI is InChI=1S/C12H20N2O6/c15-8-4-6-14(7-5-8)12(20)13-9(11(18)19)2-1-3-10(16)17/h8-9,15H,1-7H2,(H,13,20)(H,16,17)(H,18,19)/t9-/m1/s1. The molecule has 1 atom stereocenters. The molecule has 1 aliphatic rings. The molecule has 114 valence electrons. The highest BCUT2D eigenvalue weighted by atomic mass is 16.4. The number of aliphatic carboxylic acids is 2. The predicted molar refractivity (Wildman–Crippen MR) is 68.3 cm³/mol. The van der Waals surface area contributed by atoms with Gasteiger partial charge in [0.1, 0.15) is 6.04 Å². The number of aliphatic hydroxyl groups is 1. The minimum Gasteiger partial charge on any atom is -0.481 e. The number of aliphatic hydroxyl groups excluding tert-OH is 1. The molecule has 2 amide bonds. The minimum absolute atomic E-state index is 0.0733. The van der Waals surface area contributed by atoms with E-state index in [1.807, 2.05) is 0 Å². The van der Waals surface area contributed by atoms with E-state index >= 15 is 0 Å². The summed E-state index contributed by atoms with van der Waals surface area (Å²) in [6.45, 7) is 0.767. The average molecular weight is 288 g/mol. The van der Waals surface area contributed by atoms with Crippen LogP contribution in [0.5, 0.6) is 0 Å². The number of nitrogens with zero attached hydrogens (tertiary/aromatic N) is 1. The second-order valence-corrected chi connectivity index (χ2v) is 4.84. The molecule has 0 unspecified atom stereocenters. The first kappa shape index (κ1) is 16.2. The zero-order chi connectivity index (χ0) is 15.1. The lowest BCUT2D eigenvalue weighted by Gasteiger charge is -2.30. The lowest BCUT2D eigenvalue weighted by atomic mass is 10.1. The number of likely N-dealkylation sites (tertiary alicyclic amines) is 1. The van der Waals surface area contributed by atoms with Crippen LogP contribution in [-0.2, 0) is 9.59 Å². The minimum atomic E-state index is -1.18. The molecule has 8 heteroatoms. The Morgan fingerprint density at radius 2 is 1.80 bits per heavy atom. The second-order valence-electron chi connectivity index (χ2n) is 4.84. The second kappa shape index (κ2) is 7.68.